The van der Waals surface area contributed by atoms with Crippen LogP contribution in [0.25, 0.3) is 0 Å². The van der Waals surface area contributed by atoms with Crippen LogP contribution in [0.3, 0.4) is 0 Å². The zero-order chi connectivity index (χ0) is 15.6. The fourth-order valence-corrected chi connectivity index (χ4v) is 2.17. The van der Waals surface area contributed by atoms with E-state index in [0.29, 0.717) is 4.47 Å². The molecule has 1 amide bonds. The van der Waals surface area contributed by atoms with Crippen LogP contribution in [0.15, 0.2) is 34.9 Å². The summed E-state index contributed by atoms with van der Waals surface area (Å²) in [5.74, 6) is -0.559. The number of hydrogen-bond donors (Lipinski definition) is 1. The zero-order valence-electron chi connectivity index (χ0n) is 10.1. The number of carbonyl (C=O) groups excluding carboxylic acids is 1. The highest BCUT2D eigenvalue weighted by Gasteiger charge is 2.17. The van der Waals surface area contributed by atoms with Crippen molar-refractivity contribution in [1.82, 2.24) is 4.98 Å². The summed E-state index contributed by atoms with van der Waals surface area (Å²) in [5, 5.41) is 13.4. The molecule has 2 aromatic rings. The summed E-state index contributed by atoms with van der Waals surface area (Å²) in [6.45, 7) is 0. The minimum Gasteiger partial charge on any atom is -0.319 e. The number of nitrogens with zero attached hydrogens (tertiary/aromatic N) is 2. The highest BCUT2D eigenvalue weighted by Crippen LogP contribution is 2.27. The van der Waals surface area contributed by atoms with E-state index in [2.05, 4.69) is 26.2 Å². The maximum absolute atomic E-state index is 12.1. The Hall–Kier alpha value is -1.70. The first-order chi connectivity index (χ1) is 9.88. The molecule has 1 aromatic heterocycles. The summed E-state index contributed by atoms with van der Waals surface area (Å²) in [6, 6.07) is 5.33. The van der Waals surface area contributed by atoms with Crippen LogP contribution in [0.5, 0.6) is 0 Å². The lowest BCUT2D eigenvalue weighted by Gasteiger charge is -2.07. The molecule has 0 saturated carbocycles. The average molecular weight is 391 g/mol. The molecule has 2 rings (SSSR count). The maximum Gasteiger partial charge on any atom is 0.288 e. The molecule has 6 nitrogen and oxygen atoms in total. The predicted octanol–water partition coefficient (Wildman–Crippen LogP) is 4.31. The van der Waals surface area contributed by atoms with Crippen LogP contribution in [0, 0.1) is 10.1 Å². The van der Waals surface area contributed by atoms with Crippen molar-refractivity contribution in [2.24, 2.45) is 0 Å². The van der Waals surface area contributed by atoms with Crippen LogP contribution in [0.2, 0.25) is 10.2 Å². The van der Waals surface area contributed by atoms with Crippen LogP contribution in [0.4, 0.5) is 11.4 Å². The third kappa shape index (κ3) is 3.69. The number of amides is 1. The molecule has 108 valence electrons. The van der Waals surface area contributed by atoms with Crippen molar-refractivity contribution >= 4 is 56.4 Å². The van der Waals surface area contributed by atoms with Crippen LogP contribution in [-0.4, -0.2) is 15.8 Å². The van der Waals surface area contributed by atoms with Gasteiger partial charge in [0, 0.05) is 22.3 Å². The first-order valence-electron chi connectivity index (χ1n) is 5.45. The van der Waals surface area contributed by atoms with Crippen LogP contribution in [0.1, 0.15) is 10.4 Å². The SMILES string of the molecule is O=C(Nc1cc(Br)cnc1Cl)c1ccc(Cl)c([N+](=O)[O-])c1. The lowest BCUT2D eigenvalue weighted by molar-refractivity contribution is -0.384. The molecule has 0 aliphatic rings. The van der Waals surface area contributed by atoms with E-state index in [-0.39, 0.29) is 27.1 Å². The molecule has 21 heavy (non-hydrogen) atoms. The summed E-state index contributed by atoms with van der Waals surface area (Å²) < 4.78 is 0.629. The van der Waals surface area contributed by atoms with Gasteiger partial charge in [0.25, 0.3) is 11.6 Å². The van der Waals surface area contributed by atoms with E-state index in [1.165, 1.54) is 18.3 Å². The second-order valence-electron chi connectivity index (χ2n) is 3.87. The van der Waals surface area contributed by atoms with Crippen LogP contribution < -0.4 is 5.32 Å². The van der Waals surface area contributed by atoms with Gasteiger partial charge in [0.1, 0.15) is 5.02 Å². The van der Waals surface area contributed by atoms with Gasteiger partial charge >= 0.3 is 0 Å². The summed E-state index contributed by atoms with van der Waals surface area (Å²) in [7, 11) is 0. The van der Waals surface area contributed by atoms with Gasteiger partial charge in [-0.05, 0) is 34.1 Å². The molecule has 0 spiro atoms. The normalized spacial score (nSPS) is 10.2. The zero-order valence-corrected chi connectivity index (χ0v) is 13.2. The number of nitrogens with one attached hydrogen (secondary N) is 1. The number of nitro benzene ring substituents is 1. The maximum atomic E-state index is 12.1. The van der Waals surface area contributed by atoms with E-state index in [1.807, 2.05) is 0 Å². The average Bonchev–Trinajstić information content (AvgIpc) is 2.43. The van der Waals surface area contributed by atoms with Crippen LogP contribution >= 0.6 is 39.1 Å². The Morgan fingerprint density at radius 2 is 2.05 bits per heavy atom. The number of aromatic nitrogens is 1. The number of halogens is 3. The van der Waals surface area contributed by atoms with E-state index in [9.17, 15) is 14.9 Å². The first kappa shape index (κ1) is 15.7. The van der Waals surface area contributed by atoms with Gasteiger partial charge in [0.15, 0.2) is 5.15 Å². The molecular weight excluding hydrogens is 385 g/mol. The third-order valence-corrected chi connectivity index (χ3v) is 3.51. The number of hydrogen-bond acceptors (Lipinski definition) is 4. The second kappa shape index (κ2) is 6.38. The molecule has 0 unspecified atom stereocenters. The van der Waals surface area contributed by atoms with Crippen LogP contribution in [-0.2, 0) is 0 Å². The Morgan fingerprint density at radius 3 is 2.71 bits per heavy atom. The summed E-state index contributed by atoms with van der Waals surface area (Å²) >= 11 is 14.8. The number of carbonyl (C=O) groups is 1. The van der Waals surface area contributed by atoms with Gasteiger partial charge in [-0.25, -0.2) is 4.98 Å². The Labute approximate surface area is 137 Å². The summed E-state index contributed by atoms with van der Waals surface area (Å²) in [6.07, 6.45) is 1.48. The fourth-order valence-electron chi connectivity index (χ4n) is 1.50. The minimum absolute atomic E-state index is 0.0429. The third-order valence-electron chi connectivity index (χ3n) is 2.46. The van der Waals surface area contributed by atoms with E-state index in [0.717, 1.165) is 6.07 Å². The molecule has 9 heteroatoms. The van der Waals surface area contributed by atoms with Crippen molar-refractivity contribution < 1.29 is 9.72 Å². The first-order valence-corrected chi connectivity index (χ1v) is 6.99. The molecule has 1 aromatic carbocycles. The molecule has 0 aliphatic heterocycles. The molecule has 0 aliphatic carbocycles. The van der Waals surface area contributed by atoms with E-state index in [1.54, 1.807) is 6.07 Å². The minimum atomic E-state index is -0.660. The van der Waals surface area contributed by atoms with E-state index >= 15 is 0 Å². The largest absolute Gasteiger partial charge is 0.319 e. The van der Waals surface area contributed by atoms with Crippen molar-refractivity contribution in [2.75, 3.05) is 5.32 Å². The van der Waals surface area contributed by atoms with Gasteiger partial charge in [0.05, 0.1) is 10.6 Å². The molecule has 0 saturated heterocycles. The predicted molar refractivity (Wildman–Crippen MR) is 83.0 cm³/mol. The van der Waals surface area contributed by atoms with Gasteiger partial charge in [-0.3, -0.25) is 14.9 Å². The van der Waals surface area contributed by atoms with Gasteiger partial charge in [-0.1, -0.05) is 23.2 Å². The molecule has 0 atom stereocenters. The Bertz CT molecular complexity index is 740. The quantitative estimate of drug-likeness (QED) is 0.480. The number of pyridine rings is 1. The fraction of sp³-hybridized carbons (Fsp3) is 0. The number of anilines is 1. The van der Waals surface area contributed by atoms with Gasteiger partial charge in [0.2, 0.25) is 0 Å². The second-order valence-corrected chi connectivity index (χ2v) is 5.55. The monoisotopic (exact) mass is 389 g/mol. The highest BCUT2D eigenvalue weighted by molar-refractivity contribution is 9.10. The smallest absolute Gasteiger partial charge is 0.288 e. The van der Waals surface area contributed by atoms with Crippen molar-refractivity contribution in [2.45, 2.75) is 0 Å². The number of benzene rings is 1. The van der Waals surface area contributed by atoms with Gasteiger partial charge in [-0.2, -0.15) is 0 Å². The Balaban J connectivity index is 2.30. The van der Waals surface area contributed by atoms with Crippen molar-refractivity contribution in [3.8, 4) is 0 Å². The molecular formula is C12H6BrCl2N3O3. The van der Waals surface area contributed by atoms with Gasteiger partial charge in [-0.15, -0.1) is 0 Å². The molecule has 0 radical (unpaired) electrons. The Morgan fingerprint density at radius 1 is 1.33 bits per heavy atom. The van der Waals surface area contributed by atoms with E-state index < -0.39 is 10.8 Å². The number of rotatable bonds is 3. The summed E-state index contributed by atoms with van der Waals surface area (Å²) in [4.78, 5) is 26.1. The lowest BCUT2D eigenvalue weighted by Crippen LogP contribution is -2.13. The highest BCUT2D eigenvalue weighted by atomic mass is 79.9. The Kier molecular flexibility index (Phi) is 4.76. The van der Waals surface area contributed by atoms with Gasteiger partial charge < -0.3 is 5.32 Å². The van der Waals surface area contributed by atoms with Crippen molar-refractivity contribution in [3.63, 3.8) is 0 Å². The molecule has 0 bridgehead atoms. The lowest BCUT2D eigenvalue weighted by atomic mass is 10.2. The van der Waals surface area contributed by atoms with Crippen molar-refractivity contribution in [1.29, 1.82) is 0 Å². The summed E-state index contributed by atoms with van der Waals surface area (Å²) in [5.41, 5.74) is 0.0265. The molecule has 1 N–H and O–H groups in total. The molecule has 0 fully saturated rings. The topological polar surface area (TPSA) is 85.1 Å². The van der Waals surface area contributed by atoms with E-state index in [4.69, 9.17) is 23.2 Å². The standard InChI is InChI=1S/C12H6BrCl2N3O3/c13-7-4-9(11(15)16-5-7)17-12(19)6-1-2-8(14)10(3-6)18(20)21/h1-5H,(H,17,19). The molecule has 1 heterocycles. The van der Waals surface area contributed by atoms with Crippen molar-refractivity contribution in [3.05, 3.63) is 60.8 Å². The number of nitro groups is 1.